The molecular formula is C30H30N2O4S. The highest BCUT2D eigenvalue weighted by molar-refractivity contribution is 7.92. The molecule has 4 aromatic carbocycles. The Bertz CT molecular complexity index is 1440. The highest BCUT2D eigenvalue weighted by atomic mass is 32.2. The Labute approximate surface area is 218 Å². The Morgan fingerprint density at radius 3 is 2.11 bits per heavy atom. The number of carbonyl (C=O) groups is 1. The van der Waals surface area contributed by atoms with E-state index in [2.05, 4.69) is 5.32 Å². The first-order valence-electron chi connectivity index (χ1n) is 12.0. The number of nitrogens with one attached hydrogen (secondary N) is 1. The van der Waals surface area contributed by atoms with Crippen LogP contribution in [0.15, 0.2) is 108 Å². The fourth-order valence-electron chi connectivity index (χ4n) is 3.80. The van der Waals surface area contributed by atoms with Crippen molar-refractivity contribution in [2.45, 2.75) is 25.3 Å². The summed E-state index contributed by atoms with van der Waals surface area (Å²) in [6, 6.07) is 30.2. The minimum Gasteiger partial charge on any atom is -0.492 e. The second kappa shape index (κ2) is 11.8. The van der Waals surface area contributed by atoms with Crippen molar-refractivity contribution in [3.8, 4) is 5.75 Å². The Morgan fingerprint density at radius 1 is 0.811 bits per heavy atom. The van der Waals surface area contributed by atoms with Gasteiger partial charge in [0.2, 0.25) is 0 Å². The lowest BCUT2D eigenvalue weighted by atomic mass is 10.1. The van der Waals surface area contributed by atoms with Crippen LogP contribution >= 0.6 is 0 Å². The number of hydrogen-bond donors (Lipinski definition) is 1. The summed E-state index contributed by atoms with van der Waals surface area (Å²) in [4.78, 5) is 12.8. The normalized spacial score (nSPS) is 11.1. The van der Waals surface area contributed by atoms with Crippen LogP contribution in [0, 0.1) is 13.8 Å². The second-order valence-electron chi connectivity index (χ2n) is 8.71. The van der Waals surface area contributed by atoms with Gasteiger partial charge in [-0.3, -0.25) is 9.10 Å². The van der Waals surface area contributed by atoms with Crippen molar-refractivity contribution in [2.75, 3.05) is 17.5 Å². The van der Waals surface area contributed by atoms with Gasteiger partial charge in [-0.05, 0) is 79.1 Å². The Hall–Kier alpha value is -4.10. The molecule has 1 N–H and O–H groups in total. The molecular weight excluding hydrogens is 484 g/mol. The zero-order chi connectivity index (χ0) is 26.3. The molecule has 0 atom stereocenters. The van der Waals surface area contributed by atoms with E-state index in [1.165, 1.54) is 9.87 Å². The van der Waals surface area contributed by atoms with Gasteiger partial charge in [0.1, 0.15) is 12.4 Å². The molecule has 0 heterocycles. The number of ether oxygens (including phenoxy) is 1. The van der Waals surface area contributed by atoms with Crippen LogP contribution in [0.4, 0.5) is 5.69 Å². The lowest BCUT2D eigenvalue weighted by Crippen LogP contribution is -2.30. The summed E-state index contributed by atoms with van der Waals surface area (Å²) in [6.07, 6.45) is 0. The van der Waals surface area contributed by atoms with Crippen LogP contribution in [-0.4, -0.2) is 27.5 Å². The van der Waals surface area contributed by atoms with Crippen LogP contribution < -0.4 is 14.4 Å². The van der Waals surface area contributed by atoms with Crippen LogP contribution in [0.3, 0.4) is 0 Å². The number of carbonyl (C=O) groups excluding carboxylic acids is 1. The smallest absolute Gasteiger partial charge is 0.264 e. The number of hydrogen-bond acceptors (Lipinski definition) is 4. The zero-order valence-electron chi connectivity index (χ0n) is 20.9. The van der Waals surface area contributed by atoms with Crippen molar-refractivity contribution in [1.29, 1.82) is 0 Å². The van der Waals surface area contributed by atoms with Crippen LogP contribution in [0.1, 0.15) is 27.0 Å². The summed E-state index contributed by atoms with van der Waals surface area (Å²) in [5.74, 6) is 0.558. The van der Waals surface area contributed by atoms with E-state index in [-0.39, 0.29) is 17.3 Å². The molecule has 0 radical (unpaired) electrons. The summed E-state index contributed by atoms with van der Waals surface area (Å²) in [5, 5.41) is 2.86. The molecule has 7 heteroatoms. The molecule has 0 aliphatic carbocycles. The summed E-state index contributed by atoms with van der Waals surface area (Å²) < 4.78 is 34.0. The van der Waals surface area contributed by atoms with Crippen LogP contribution in [0.2, 0.25) is 0 Å². The molecule has 0 saturated heterocycles. The highest BCUT2D eigenvalue weighted by Gasteiger charge is 2.25. The minimum absolute atomic E-state index is 0.132. The van der Waals surface area contributed by atoms with Gasteiger partial charge in [0.05, 0.1) is 23.7 Å². The molecule has 0 fully saturated rings. The van der Waals surface area contributed by atoms with Gasteiger partial charge >= 0.3 is 0 Å². The first-order chi connectivity index (χ1) is 17.8. The average molecular weight is 515 g/mol. The van der Waals surface area contributed by atoms with E-state index >= 15 is 0 Å². The maximum atomic E-state index is 13.4. The van der Waals surface area contributed by atoms with Crippen molar-refractivity contribution in [1.82, 2.24) is 5.32 Å². The molecule has 37 heavy (non-hydrogen) atoms. The van der Waals surface area contributed by atoms with Crippen LogP contribution in [0.5, 0.6) is 5.75 Å². The molecule has 0 aliphatic heterocycles. The maximum absolute atomic E-state index is 13.4. The number of rotatable bonds is 10. The Morgan fingerprint density at radius 2 is 1.46 bits per heavy atom. The molecule has 6 nitrogen and oxygen atoms in total. The molecule has 0 aromatic heterocycles. The molecule has 4 rings (SSSR count). The van der Waals surface area contributed by atoms with Gasteiger partial charge in [-0.25, -0.2) is 8.42 Å². The fraction of sp³-hybridized carbons (Fsp3) is 0.167. The van der Waals surface area contributed by atoms with Gasteiger partial charge in [0, 0.05) is 5.56 Å². The third-order valence-electron chi connectivity index (χ3n) is 6.05. The van der Waals surface area contributed by atoms with Crippen molar-refractivity contribution >= 4 is 21.6 Å². The first-order valence-corrected chi connectivity index (χ1v) is 13.5. The highest BCUT2D eigenvalue weighted by Crippen LogP contribution is 2.26. The number of para-hydroxylation sites is 1. The largest absolute Gasteiger partial charge is 0.492 e. The van der Waals surface area contributed by atoms with Crippen molar-refractivity contribution < 1.29 is 17.9 Å². The number of sulfonamides is 1. The minimum atomic E-state index is -3.78. The van der Waals surface area contributed by atoms with Gasteiger partial charge in [-0.15, -0.1) is 0 Å². The van der Waals surface area contributed by atoms with Gasteiger partial charge < -0.3 is 10.1 Å². The number of anilines is 1. The van der Waals surface area contributed by atoms with Gasteiger partial charge in [0.15, 0.2) is 0 Å². The second-order valence-corrected chi connectivity index (χ2v) is 10.6. The summed E-state index contributed by atoms with van der Waals surface area (Å²) in [6.45, 7) is 4.93. The predicted octanol–water partition coefficient (Wildman–Crippen LogP) is 5.51. The Balaban J connectivity index is 1.40. The lowest BCUT2D eigenvalue weighted by molar-refractivity contribution is 0.0947. The fourth-order valence-corrected chi connectivity index (χ4v) is 5.27. The monoisotopic (exact) mass is 514 g/mol. The zero-order valence-corrected chi connectivity index (χ0v) is 21.7. The SMILES string of the molecule is Cc1ccc(OCCNC(=O)c2ccc(CN(c3ccccc3)S(=O)(=O)c3ccccc3)cc2)cc1C. The van der Waals surface area contributed by atoms with Crippen molar-refractivity contribution in [3.63, 3.8) is 0 Å². The van der Waals surface area contributed by atoms with E-state index in [1.807, 2.05) is 38.1 Å². The van der Waals surface area contributed by atoms with Gasteiger partial charge in [-0.2, -0.15) is 0 Å². The topological polar surface area (TPSA) is 75.7 Å². The van der Waals surface area contributed by atoms with E-state index in [0.29, 0.717) is 24.4 Å². The summed E-state index contributed by atoms with van der Waals surface area (Å²) in [7, 11) is -3.78. The third kappa shape index (κ3) is 6.57. The van der Waals surface area contributed by atoms with Crippen molar-refractivity contribution in [2.24, 2.45) is 0 Å². The number of benzene rings is 4. The van der Waals surface area contributed by atoms with E-state index < -0.39 is 10.0 Å². The number of nitrogens with zero attached hydrogens (tertiary/aromatic N) is 1. The van der Waals surface area contributed by atoms with E-state index in [9.17, 15) is 13.2 Å². The molecule has 1 amide bonds. The molecule has 0 saturated carbocycles. The average Bonchev–Trinajstić information content (AvgIpc) is 2.92. The van der Waals surface area contributed by atoms with Gasteiger partial charge in [0.25, 0.3) is 15.9 Å². The summed E-state index contributed by atoms with van der Waals surface area (Å²) >= 11 is 0. The van der Waals surface area contributed by atoms with E-state index in [0.717, 1.165) is 16.9 Å². The van der Waals surface area contributed by atoms with Gasteiger partial charge in [-0.1, -0.05) is 54.6 Å². The number of aryl methyl sites for hydroxylation is 2. The molecule has 0 unspecified atom stereocenters. The Kier molecular flexibility index (Phi) is 8.25. The molecule has 0 spiro atoms. The first kappa shape index (κ1) is 26.0. The molecule has 0 bridgehead atoms. The molecule has 190 valence electrons. The van der Waals surface area contributed by atoms with Crippen molar-refractivity contribution in [3.05, 3.63) is 125 Å². The van der Waals surface area contributed by atoms with E-state index in [4.69, 9.17) is 4.74 Å². The maximum Gasteiger partial charge on any atom is 0.264 e. The summed E-state index contributed by atoms with van der Waals surface area (Å²) in [5.41, 5.74) is 4.18. The lowest BCUT2D eigenvalue weighted by Gasteiger charge is -2.25. The number of amides is 1. The van der Waals surface area contributed by atoms with E-state index in [1.54, 1.807) is 78.9 Å². The van der Waals surface area contributed by atoms with Crippen LogP contribution in [-0.2, 0) is 16.6 Å². The molecule has 4 aromatic rings. The molecule has 0 aliphatic rings. The van der Waals surface area contributed by atoms with Crippen LogP contribution in [0.25, 0.3) is 0 Å². The quantitative estimate of drug-likeness (QED) is 0.283. The predicted molar refractivity (Wildman–Crippen MR) is 146 cm³/mol. The standard InChI is InChI=1S/C30H30N2O4S/c1-23-13-18-28(21-24(23)2)36-20-19-31-30(33)26-16-14-25(15-17-26)22-32(27-9-5-3-6-10-27)37(34,35)29-11-7-4-8-12-29/h3-18,21H,19-20,22H2,1-2H3,(H,31,33). The third-order valence-corrected chi connectivity index (χ3v) is 7.84.